The second-order valence-corrected chi connectivity index (χ2v) is 6.26. The third-order valence-electron chi connectivity index (χ3n) is 4.36. The van der Waals surface area contributed by atoms with Crippen LogP contribution in [0.2, 0.25) is 5.02 Å². The highest BCUT2D eigenvalue weighted by Crippen LogP contribution is 2.31. The van der Waals surface area contributed by atoms with Gasteiger partial charge in [0.25, 0.3) is 0 Å². The van der Waals surface area contributed by atoms with Gasteiger partial charge in [0, 0.05) is 5.02 Å². The molecule has 1 fully saturated rings. The molecule has 0 amide bonds. The third kappa shape index (κ3) is 4.39. The van der Waals surface area contributed by atoms with Crippen molar-refractivity contribution in [2.24, 2.45) is 5.92 Å². The molecule has 1 saturated heterocycles. The molecule has 0 radical (unpaired) electrons. The van der Waals surface area contributed by atoms with E-state index < -0.39 is 0 Å². The summed E-state index contributed by atoms with van der Waals surface area (Å²) in [5, 5.41) is 4.20. The van der Waals surface area contributed by atoms with Gasteiger partial charge < -0.3 is 10.1 Å². The van der Waals surface area contributed by atoms with Gasteiger partial charge in [-0.05, 0) is 74.4 Å². The minimum Gasteiger partial charge on any atom is -0.493 e. The highest BCUT2D eigenvalue weighted by atomic mass is 35.5. The molecule has 1 heterocycles. The zero-order chi connectivity index (χ0) is 14.4. The quantitative estimate of drug-likeness (QED) is 0.826. The molecule has 3 heteroatoms. The lowest BCUT2D eigenvalue weighted by atomic mass is 9.95. The van der Waals surface area contributed by atoms with Crippen molar-refractivity contribution >= 4 is 11.6 Å². The van der Waals surface area contributed by atoms with E-state index in [-0.39, 0.29) is 0 Å². The van der Waals surface area contributed by atoms with E-state index in [1.165, 1.54) is 18.4 Å². The Balaban J connectivity index is 1.91. The van der Waals surface area contributed by atoms with Crippen LogP contribution in [0.15, 0.2) is 18.2 Å². The molecular weight excluding hydrogens is 270 g/mol. The van der Waals surface area contributed by atoms with Gasteiger partial charge in [0.15, 0.2) is 0 Å². The fourth-order valence-electron chi connectivity index (χ4n) is 2.76. The van der Waals surface area contributed by atoms with Crippen molar-refractivity contribution in [3.05, 3.63) is 28.8 Å². The summed E-state index contributed by atoms with van der Waals surface area (Å²) in [6, 6.07) is 6.00. The lowest BCUT2D eigenvalue weighted by Crippen LogP contribution is -2.28. The Hall–Kier alpha value is -0.730. The summed E-state index contributed by atoms with van der Waals surface area (Å²) in [5.41, 5.74) is 1.24. The molecule has 0 spiro atoms. The second-order valence-electron chi connectivity index (χ2n) is 5.82. The van der Waals surface area contributed by atoms with E-state index in [0.717, 1.165) is 49.2 Å². The van der Waals surface area contributed by atoms with Crippen molar-refractivity contribution < 1.29 is 4.74 Å². The molecule has 0 bridgehead atoms. The Bertz CT molecular complexity index is 415. The number of nitrogens with one attached hydrogen (secondary N) is 1. The first-order valence-electron chi connectivity index (χ1n) is 7.83. The summed E-state index contributed by atoms with van der Waals surface area (Å²) in [7, 11) is 0. The van der Waals surface area contributed by atoms with Crippen molar-refractivity contribution in [3.8, 4) is 5.75 Å². The highest BCUT2D eigenvalue weighted by Gasteiger charge is 2.14. The largest absolute Gasteiger partial charge is 0.493 e. The van der Waals surface area contributed by atoms with Crippen LogP contribution in [0.3, 0.4) is 0 Å². The number of benzene rings is 1. The lowest BCUT2D eigenvalue weighted by Gasteiger charge is -2.23. The molecule has 20 heavy (non-hydrogen) atoms. The molecule has 0 aromatic heterocycles. The smallest absolute Gasteiger partial charge is 0.122 e. The molecule has 1 atom stereocenters. The van der Waals surface area contributed by atoms with Crippen LogP contribution < -0.4 is 10.1 Å². The van der Waals surface area contributed by atoms with Gasteiger partial charge in [-0.25, -0.2) is 0 Å². The van der Waals surface area contributed by atoms with Gasteiger partial charge in [-0.2, -0.15) is 0 Å². The van der Waals surface area contributed by atoms with Gasteiger partial charge in [0.1, 0.15) is 5.75 Å². The van der Waals surface area contributed by atoms with Crippen LogP contribution in [0.5, 0.6) is 5.75 Å². The zero-order valence-electron chi connectivity index (χ0n) is 12.6. The molecule has 1 N–H and O–H groups in total. The molecule has 112 valence electrons. The van der Waals surface area contributed by atoms with E-state index in [0.29, 0.717) is 5.92 Å². The van der Waals surface area contributed by atoms with Crippen molar-refractivity contribution in [3.63, 3.8) is 0 Å². The predicted molar refractivity (Wildman–Crippen MR) is 85.9 cm³/mol. The molecular formula is C17H26ClNO. The Morgan fingerprint density at radius 1 is 1.35 bits per heavy atom. The number of ether oxygens (including phenoxy) is 1. The maximum atomic E-state index is 6.11. The first-order valence-corrected chi connectivity index (χ1v) is 8.21. The van der Waals surface area contributed by atoms with Crippen molar-refractivity contribution in [2.75, 3.05) is 19.7 Å². The van der Waals surface area contributed by atoms with Crippen molar-refractivity contribution in [1.29, 1.82) is 0 Å². The van der Waals surface area contributed by atoms with Gasteiger partial charge in [-0.1, -0.05) is 25.4 Å². The van der Waals surface area contributed by atoms with Crippen LogP contribution in [0.4, 0.5) is 0 Å². The van der Waals surface area contributed by atoms with Crippen molar-refractivity contribution in [1.82, 2.24) is 5.32 Å². The van der Waals surface area contributed by atoms with Crippen LogP contribution in [-0.2, 0) is 0 Å². The van der Waals surface area contributed by atoms with E-state index in [2.05, 4.69) is 25.2 Å². The van der Waals surface area contributed by atoms with Crippen LogP contribution >= 0.6 is 11.6 Å². The summed E-state index contributed by atoms with van der Waals surface area (Å²) in [5.74, 6) is 2.32. The highest BCUT2D eigenvalue weighted by molar-refractivity contribution is 6.30. The number of piperidine rings is 1. The van der Waals surface area contributed by atoms with Gasteiger partial charge in [0.2, 0.25) is 0 Å². The molecule has 1 aromatic rings. The summed E-state index contributed by atoms with van der Waals surface area (Å²) in [6.07, 6.45) is 4.82. The van der Waals surface area contributed by atoms with Crippen LogP contribution in [0.25, 0.3) is 0 Å². The van der Waals surface area contributed by atoms with E-state index in [1.54, 1.807) is 0 Å². The molecule has 2 rings (SSSR count). The summed E-state index contributed by atoms with van der Waals surface area (Å²) >= 11 is 6.11. The normalized spacial score (nSPS) is 17.9. The Morgan fingerprint density at radius 2 is 2.10 bits per heavy atom. The number of halogens is 1. The van der Waals surface area contributed by atoms with E-state index >= 15 is 0 Å². The van der Waals surface area contributed by atoms with Gasteiger partial charge >= 0.3 is 0 Å². The van der Waals surface area contributed by atoms with E-state index in [9.17, 15) is 0 Å². The first-order chi connectivity index (χ1) is 9.70. The summed E-state index contributed by atoms with van der Waals surface area (Å²) in [4.78, 5) is 0. The van der Waals surface area contributed by atoms with Gasteiger partial charge in [0.05, 0.1) is 6.61 Å². The van der Waals surface area contributed by atoms with Crippen LogP contribution in [0, 0.1) is 5.92 Å². The second kappa shape index (κ2) is 7.90. The molecule has 1 unspecified atom stereocenters. The summed E-state index contributed by atoms with van der Waals surface area (Å²) in [6.45, 7) is 7.55. The van der Waals surface area contributed by atoms with Crippen LogP contribution in [0.1, 0.15) is 51.0 Å². The maximum absolute atomic E-state index is 6.11. The topological polar surface area (TPSA) is 21.3 Å². The monoisotopic (exact) mass is 295 g/mol. The Labute approximate surface area is 127 Å². The molecule has 0 aliphatic carbocycles. The Morgan fingerprint density at radius 3 is 2.80 bits per heavy atom. The average Bonchev–Trinajstić information content (AvgIpc) is 2.49. The van der Waals surface area contributed by atoms with Crippen molar-refractivity contribution in [2.45, 2.75) is 45.4 Å². The molecule has 1 aromatic carbocycles. The fourth-order valence-corrected chi connectivity index (χ4v) is 2.94. The first kappa shape index (κ1) is 15.7. The predicted octanol–water partition coefficient (Wildman–Crippen LogP) is 4.62. The van der Waals surface area contributed by atoms with E-state index in [4.69, 9.17) is 16.3 Å². The lowest BCUT2D eigenvalue weighted by molar-refractivity contribution is 0.249. The third-order valence-corrected chi connectivity index (χ3v) is 4.59. The van der Waals surface area contributed by atoms with Gasteiger partial charge in [-0.3, -0.25) is 0 Å². The Kier molecular flexibility index (Phi) is 6.18. The zero-order valence-corrected chi connectivity index (χ0v) is 13.4. The standard InChI is InChI=1S/C17H26ClNO/c1-3-13(2)16-12-15(18)4-5-17(16)20-11-8-14-6-9-19-10-7-14/h4-5,12-14,19H,3,6-11H2,1-2H3. The van der Waals surface area contributed by atoms with E-state index in [1.807, 2.05) is 12.1 Å². The average molecular weight is 296 g/mol. The number of hydrogen-bond donors (Lipinski definition) is 1. The van der Waals surface area contributed by atoms with Crippen LogP contribution in [-0.4, -0.2) is 19.7 Å². The molecule has 1 aliphatic rings. The fraction of sp³-hybridized carbons (Fsp3) is 0.647. The minimum absolute atomic E-state index is 0.489. The minimum atomic E-state index is 0.489. The van der Waals surface area contributed by atoms with Gasteiger partial charge in [-0.15, -0.1) is 0 Å². The summed E-state index contributed by atoms with van der Waals surface area (Å²) < 4.78 is 6.04. The molecule has 1 aliphatic heterocycles. The SMILES string of the molecule is CCC(C)c1cc(Cl)ccc1OCCC1CCNCC1. The number of rotatable bonds is 6. The molecule has 0 saturated carbocycles. The molecule has 2 nitrogen and oxygen atoms in total. The maximum Gasteiger partial charge on any atom is 0.122 e. The number of hydrogen-bond acceptors (Lipinski definition) is 2.